The third-order valence-corrected chi connectivity index (χ3v) is 3.61. The summed E-state index contributed by atoms with van der Waals surface area (Å²) in [5.74, 6) is -0.311. The van der Waals surface area contributed by atoms with Gasteiger partial charge in [-0.05, 0) is 46.8 Å². The highest BCUT2D eigenvalue weighted by molar-refractivity contribution is 9.10. The van der Waals surface area contributed by atoms with Crippen LogP contribution in [-0.4, -0.2) is 24.2 Å². The minimum Gasteiger partial charge on any atom is -0.480 e. The molecule has 0 aromatic heterocycles. The molecule has 0 saturated heterocycles. The predicted octanol–water partition coefficient (Wildman–Crippen LogP) is 2.62. The molecule has 1 saturated carbocycles. The highest BCUT2D eigenvalue weighted by Gasteiger charge is 2.26. The normalized spacial score (nSPS) is 14.0. The summed E-state index contributed by atoms with van der Waals surface area (Å²) in [7, 11) is 0. The molecule has 1 aliphatic carbocycles. The molecule has 0 heterocycles. The van der Waals surface area contributed by atoms with Crippen molar-refractivity contribution in [3.8, 4) is 6.07 Å². The van der Waals surface area contributed by atoms with E-state index in [1.807, 2.05) is 6.07 Å². The molecule has 0 atom stereocenters. The zero-order valence-corrected chi connectivity index (χ0v) is 11.4. The average Bonchev–Trinajstić information content (AvgIpc) is 3.11. The van der Waals surface area contributed by atoms with E-state index in [4.69, 9.17) is 5.11 Å². The number of carboxylic acids is 1. The van der Waals surface area contributed by atoms with Crippen molar-refractivity contribution in [1.82, 2.24) is 0 Å². The van der Waals surface area contributed by atoms with E-state index in [-0.39, 0.29) is 6.54 Å². The molecule has 1 aliphatic rings. The molecule has 0 spiro atoms. The van der Waals surface area contributed by atoms with Gasteiger partial charge in [-0.3, -0.25) is 4.79 Å². The Balaban J connectivity index is 2.31. The van der Waals surface area contributed by atoms with Gasteiger partial charge in [-0.25, -0.2) is 0 Å². The lowest BCUT2D eigenvalue weighted by molar-refractivity contribution is -0.135. The van der Waals surface area contributed by atoms with Gasteiger partial charge < -0.3 is 10.0 Å². The number of rotatable bonds is 5. The van der Waals surface area contributed by atoms with E-state index in [0.29, 0.717) is 28.2 Å². The van der Waals surface area contributed by atoms with E-state index in [9.17, 15) is 10.1 Å². The Bertz CT molecular complexity index is 506. The smallest absolute Gasteiger partial charge is 0.323 e. The van der Waals surface area contributed by atoms with Gasteiger partial charge in [-0.1, -0.05) is 6.07 Å². The first kappa shape index (κ1) is 12.9. The summed E-state index contributed by atoms with van der Waals surface area (Å²) in [6.45, 7) is 0.638. The standard InChI is InChI=1S/C13H13BrN2O2/c14-11-2-1-3-12(10(11)6-15)16(8-13(17)18)7-9-4-5-9/h1-3,9H,4-5,7-8H2,(H,17,18). The Morgan fingerprint density at radius 2 is 2.28 bits per heavy atom. The van der Waals surface area contributed by atoms with Crippen LogP contribution in [-0.2, 0) is 4.79 Å². The molecule has 4 nitrogen and oxygen atoms in total. The Labute approximate surface area is 114 Å². The molecular formula is C13H13BrN2O2. The van der Waals surface area contributed by atoms with Gasteiger partial charge in [-0.2, -0.15) is 5.26 Å². The van der Waals surface area contributed by atoms with Gasteiger partial charge in [0.25, 0.3) is 0 Å². The summed E-state index contributed by atoms with van der Waals surface area (Å²) in [4.78, 5) is 12.7. The fourth-order valence-corrected chi connectivity index (χ4v) is 2.35. The summed E-state index contributed by atoms with van der Waals surface area (Å²) in [6, 6.07) is 7.54. The first-order chi connectivity index (χ1) is 8.61. The lowest BCUT2D eigenvalue weighted by Gasteiger charge is -2.24. The largest absolute Gasteiger partial charge is 0.480 e. The second-order valence-electron chi connectivity index (χ2n) is 4.46. The van der Waals surface area contributed by atoms with Crippen molar-refractivity contribution in [2.24, 2.45) is 5.92 Å². The number of hydrogen-bond donors (Lipinski definition) is 1. The van der Waals surface area contributed by atoms with Crippen LogP contribution in [0, 0.1) is 17.2 Å². The molecule has 94 valence electrons. The van der Waals surface area contributed by atoms with Gasteiger partial charge in [0, 0.05) is 11.0 Å². The first-order valence-electron chi connectivity index (χ1n) is 5.77. The van der Waals surface area contributed by atoms with Crippen LogP contribution in [0.2, 0.25) is 0 Å². The number of nitrogens with zero attached hydrogens (tertiary/aromatic N) is 2. The van der Waals surface area contributed by atoms with Crippen LogP contribution in [0.4, 0.5) is 5.69 Å². The molecule has 0 radical (unpaired) electrons. The van der Waals surface area contributed by atoms with Crippen molar-refractivity contribution in [2.75, 3.05) is 18.0 Å². The van der Waals surface area contributed by atoms with E-state index in [1.54, 1.807) is 17.0 Å². The molecule has 0 aliphatic heterocycles. The molecule has 1 N–H and O–H groups in total. The maximum absolute atomic E-state index is 10.9. The Morgan fingerprint density at radius 3 is 2.83 bits per heavy atom. The summed E-state index contributed by atoms with van der Waals surface area (Å²) >= 11 is 3.33. The van der Waals surface area contributed by atoms with E-state index in [2.05, 4.69) is 22.0 Å². The minimum atomic E-state index is -0.875. The van der Waals surface area contributed by atoms with Crippen LogP contribution in [0.15, 0.2) is 22.7 Å². The monoisotopic (exact) mass is 308 g/mol. The second-order valence-corrected chi connectivity index (χ2v) is 5.32. The average molecular weight is 309 g/mol. The number of carbonyl (C=O) groups is 1. The molecule has 2 rings (SSSR count). The number of nitriles is 1. The van der Waals surface area contributed by atoms with E-state index >= 15 is 0 Å². The maximum atomic E-state index is 10.9. The van der Waals surface area contributed by atoms with Crippen molar-refractivity contribution in [1.29, 1.82) is 5.26 Å². The summed E-state index contributed by atoms with van der Waals surface area (Å²) < 4.78 is 0.702. The summed E-state index contributed by atoms with van der Waals surface area (Å²) in [5, 5.41) is 18.2. The highest BCUT2D eigenvalue weighted by Crippen LogP contribution is 2.33. The van der Waals surface area contributed by atoms with Crippen LogP contribution in [0.3, 0.4) is 0 Å². The summed E-state index contributed by atoms with van der Waals surface area (Å²) in [5.41, 5.74) is 1.19. The quantitative estimate of drug-likeness (QED) is 0.908. The lowest BCUT2D eigenvalue weighted by atomic mass is 10.1. The molecule has 0 bridgehead atoms. The zero-order chi connectivity index (χ0) is 13.1. The topological polar surface area (TPSA) is 64.3 Å². The summed E-state index contributed by atoms with van der Waals surface area (Å²) in [6.07, 6.45) is 2.29. The SMILES string of the molecule is N#Cc1c(Br)cccc1N(CC(=O)O)CC1CC1. The number of hydrogen-bond acceptors (Lipinski definition) is 3. The highest BCUT2D eigenvalue weighted by atomic mass is 79.9. The second kappa shape index (κ2) is 5.40. The van der Waals surface area contributed by atoms with E-state index in [1.165, 1.54) is 0 Å². The fourth-order valence-electron chi connectivity index (χ4n) is 1.91. The molecular weight excluding hydrogens is 296 g/mol. The van der Waals surface area contributed by atoms with Gasteiger partial charge in [-0.15, -0.1) is 0 Å². The van der Waals surface area contributed by atoms with Gasteiger partial charge in [0.1, 0.15) is 12.6 Å². The Kier molecular flexibility index (Phi) is 3.87. The van der Waals surface area contributed by atoms with Crippen molar-refractivity contribution in [3.63, 3.8) is 0 Å². The van der Waals surface area contributed by atoms with Crippen molar-refractivity contribution in [3.05, 3.63) is 28.2 Å². The van der Waals surface area contributed by atoms with Gasteiger partial charge in [0.05, 0.1) is 11.3 Å². The molecule has 1 aromatic rings. The van der Waals surface area contributed by atoms with Crippen molar-refractivity contribution >= 4 is 27.6 Å². The Hall–Kier alpha value is -1.54. The number of benzene rings is 1. The van der Waals surface area contributed by atoms with Gasteiger partial charge >= 0.3 is 5.97 Å². The fraction of sp³-hybridized carbons (Fsp3) is 0.385. The molecule has 0 unspecified atom stereocenters. The van der Waals surface area contributed by atoms with Crippen molar-refractivity contribution in [2.45, 2.75) is 12.8 Å². The van der Waals surface area contributed by atoms with Crippen molar-refractivity contribution < 1.29 is 9.90 Å². The van der Waals surface area contributed by atoms with Crippen LogP contribution in [0.25, 0.3) is 0 Å². The molecule has 18 heavy (non-hydrogen) atoms. The number of carboxylic acid groups (broad SMARTS) is 1. The van der Waals surface area contributed by atoms with Crippen LogP contribution in [0.5, 0.6) is 0 Å². The minimum absolute atomic E-state index is 0.0678. The lowest BCUT2D eigenvalue weighted by Crippen LogP contribution is -2.32. The molecule has 1 aromatic carbocycles. The third kappa shape index (κ3) is 3.02. The first-order valence-corrected chi connectivity index (χ1v) is 6.56. The van der Waals surface area contributed by atoms with Crippen LogP contribution < -0.4 is 4.90 Å². The van der Waals surface area contributed by atoms with Crippen LogP contribution >= 0.6 is 15.9 Å². The van der Waals surface area contributed by atoms with E-state index in [0.717, 1.165) is 12.8 Å². The third-order valence-electron chi connectivity index (χ3n) is 2.95. The molecule has 0 amide bonds. The molecule has 5 heteroatoms. The van der Waals surface area contributed by atoms with E-state index < -0.39 is 5.97 Å². The number of halogens is 1. The number of anilines is 1. The van der Waals surface area contributed by atoms with Crippen LogP contribution in [0.1, 0.15) is 18.4 Å². The maximum Gasteiger partial charge on any atom is 0.323 e. The zero-order valence-electron chi connectivity index (χ0n) is 9.77. The molecule has 1 fully saturated rings. The van der Waals surface area contributed by atoms with Gasteiger partial charge in [0.15, 0.2) is 0 Å². The predicted molar refractivity (Wildman–Crippen MR) is 71.4 cm³/mol. The van der Waals surface area contributed by atoms with Gasteiger partial charge in [0.2, 0.25) is 0 Å². The number of aliphatic carboxylic acids is 1. The Morgan fingerprint density at radius 1 is 1.56 bits per heavy atom.